The molecule has 0 saturated heterocycles. The highest BCUT2D eigenvalue weighted by molar-refractivity contribution is 6.07. The van der Waals surface area contributed by atoms with Crippen molar-refractivity contribution in [3.8, 4) is 0 Å². The maximum absolute atomic E-state index is 13.5. The van der Waals surface area contributed by atoms with Crippen LogP contribution in [0.15, 0.2) is 30.6 Å². The van der Waals surface area contributed by atoms with E-state index >= 15 is 0 Å². The molecule has 31 heavy (non-hydrogen) atoms. The molecule has 2 aliphatic carbocycles. The quantitative estimate of drug-likeness (QED) is 0.735. The highest BCUT2D eigenvalue weighted by Gasteiger charge is 2.53. The van der Waals surface area contributed by atoms with Gasteiger partial charge < -0.3 is 20.1 Å². The molecule has 2 aromatic rings. The van der Waals surface area contributed by atoms with E-state index in [0.717, 1.165) is 31.2 Å². The predicted octanol–water partition coefficient (Wildman–Crippen LogP) is 1.61. The third-order valence-corrected chi connectivity index (χ3v) is 6.16. The number of aromatic nitrogens is 2. The van der Waals surface area contributed by atoms with E-state index in [1.165, 1.54) is 18.5 Å². The molecule has 5 rings (SSSR count). The van der Waals surface area contributed by atoms with Crippen LogP contribution >= 0.6 is 0 Å². The molecule has 8 nitrogen and oxygen atoms in total. The Morgan fingerprint density at radius 3 is 2.55 bits per heavy atom. The SMILES string of the molecule is C[C@]1(C(=O)NCc2ccc(F)cc2)Cn2cnc(C(=O)NC3CC3)c2C(=O)N1C1CC1. The van der Waals surface area contributed by atoms with Crippen molar-refractivity contribution in [3.63, 3.8) is 0 Å². The van der Waals surface area contributed by atoms with Crippen molar-refractivity contribution in [2.24, 2.45) is 0 Å². The maximum Gasteiger partial charge on any atom is 0.274 e. The zero-order chi connectivity index (χ0) is 21.8. The first kappa shape index (κ1) is 19.7. The Labute approximate surface area is 178 Å². The van der Waals surface area contributed by atoms with Gasteiger partial charge in [0.25, 0.3) is 11.8 Å². The van der Waals surface area contributed by atoms with Crippen molar-refractivity contribution < 1.29 is 18.8 Å². The lowest BCUT2D eigenvalue weighted by molar-refractivity contribution is -0.133. The van der Waals surface area contributed by atoms with Crippen molar-refractivity contribution in [1.29, 1.82) is 0 Å². The molecule has 1 aromatic heterocycles. The first-order valence-corrected chi connectivity index (χ1v) is 10.6. The van der Waals surface area contributed by atoms with E-state index < -0.39 is 5.54 Å². The molecule has 0 unspecified atom stereocenters. The normalized spacial score (nSPS) is 22.8. The van der Waals surface area contributed by atoms with Gasteiger partial charge in [-0.2, -0.15) is 0 Å². The highest BCUT2D eigenvalue weighted by atomic mass is 19.1. The van der Waals surface area contributed by atoms with Gasteiger partial charge in [0.1, 0.15) is 17.1 Å². The molecule has 2 heterocycles. The van der Waals surface area contributed by atoms with Gasteiger partial charge in [-0.1, -0.05) is 12.1 Å². The Balaban J connectivity index is 1.40. The van der Waals surface area contributed by atoms with E-state index in [1.807, 2.05) is 0 Å². The van der Waals surface area contributed by atoms with Crippen LogP contribution in [0.25, 0.3) is 0 Å². The van der Waals surface area contributed by atoms with E-state index in [9.17, 15) is 18.8 Å². The lowest BCUT2D eigenvalue weighted by atomic mass is 9.93. The van der Waals surface area contributed by atoms with Crippen LogP contribution in [0, 0.1) is 5.82 Å². The molecular formula is C22H24FN5O3. The fraction of sp³-hybridized carbons (Fsp3) is 0.455. The summed E-state index contributed by atoms with van der Waals surface area (Å²) in [4.78, 5) is 45.2. The second kappa shape index (κ2) is 7.18. The number of halogens is 1. The number of carbonyl (C=O) groups excluding carboxylic acids is 3. The van der Waals surface area contributed by atoms with Gasteiger partial charge in [-0.05, 0) is 50.3 Å². The number of imidazole rings is 1. The number of carbonyl (C=O) groups is 3. The zero-order valence-electron chi connectivity index (χ0n) is 17.2. The first-order chi connectivity index (χ1) is 14.9. The molecule has 1 aromatic carbocycles. The van der Waals surface area contributed by atoms with Crippen molar-refractivity contribution >= 4 is 17.7 Å². The minimum absolute atomic E-state index is 0.0305. The fourth-order valence-corrected chi connectivity index (χ4v) is 4.18. The van der Waals surface area contributed by atoms with Gasteiger partial charge in [0, 0.05) is 18.6 Å². The van der Waals surface area contributed by atoms with Gasteiger partial charge in [0.2, 0.25) is 5.91 Å². The summed E-state index contributed by atoms with van der Waals surface area (Å²) in [5, 5.41) is 5.77. The first-order valence-electron chi connectivity index (χ1n) is 10.6. The predicted molar refractivity (Wildman–Crippen MR) is 109 cm³/mol. The summed E-state index contributed by atoms with van der Waals surface area (Å²) in [6.07, 6.45) is 4.99. The van der Waals surface area contributed by atoms with E-state index in [2.05, 4.69) is 15.6 Å². The van der Waals surface area contributed by atoms with Crippen LogP contribution < -0.4 is 10.6 Å². The molecule has 1 aliphatic heterocycles. The number of fused-ring (bicyclic) bond motifs is 1. The lowest BCUT2D eigenvalue weighted by Crippen LogP contribution is -2.64. The third kappa shape index (κ3) is 3.58. The number of hydrogen-bond donors (Lipinski definition) is 2. The molecular weight excluding hydrogens is 401 g/mol. The zero-order valence-corrected chi connectivity index (χ0v) is 17.2. The minimum Gasteiger partial charge on any atom is -0.350 e. The van der Waals surface area contributed by atoms with E-state index in [4.69, 9.17) is 0 Å². The molecule has 0 radical (unpaired) electrons. The van der Waals surface area contributed by atoms with Gasteiger partial charge in [-0.3, -0.25) is 14.4 Å². The number of nitrogens with zero attached hydrogens (tertiary/aromatic N) is 3. The van der Waals surface area contributed by atoms with Crippen LogP contribution in [0.1, 0.15) is 59.1 Å². The Hall–Kier alpha value is -3.23. The Bertz CT molecular complexity index is 1060. The highest BCUT2D eigenvalue weighted by Crippen LogP contribution is 2.39. The van der Waals surface area contributed by atoms with Crippen molar-refractivity contribution in [1.82, 2.24) is 25.1 Å². The molecule has 2 fully saturated rings. The minimum atomic E-state index is -1.11. The molecule has 3 amide bonds. The van der Waals surface area contributed by atoms with Gasteiger partial charge in [0.05, 0.1) is 12.9 Å². The Kier molecular flexibility index (Phi) is 4.56. The summed E-state index contributed by atoms with van der Waals surface area (Å²) >= 11 is 0. The summed E-state index contributed by atoms with van der Waals surface area (Å²) < 4.78 is 14.7. The average molecular weight is 425 g/mol. The van der Waals surface area contributed by atoms with Crippen molar-refractivity contribution in [2.45, 2.75) is 63.3 Å². The van der Waals surface area contributed by atoms with Crippen LogP contribution in [0.3, 0.4) is 0 Å². The number of nitrogens with one attached hydrogen (secondary N) is 2. The smallest absolute Gasteiger partial charge is 0.274 e. The van der Waals surface area contributed by atoms with Gasteiger partial charge in [0.15, 0.2) is 5.69 Å². The van der Waals surface area contributed by atoms with E-state index in [0.29, 0.717) is 0 Å². The fourth-order valence-electron chi connectivity index (χ4n) is 4.18. The van der Waals surface area contributed by atoms with Crippen LogP contribution in [0.5, 0.6) is 0 Å². The van der Waals surface area contributed by atoms with E-state index in [-0.39, 0.29) is 60.1 Å². The summed E-state index contributed by atoms with van der Waals surface area (Å²) in [6, 6.07) is 6.04. The number of benzene rings is 1. The molecule has 0 bridgehead atoms. The molecule has 3 aliphatic rings. The number of amides is 3. The number of hydrogen-bond acceptors (Lipinski definition) is 4. The summed E-state index contributed by atoms with van der Waals surface area (Å²) in [7, 11) is 0. The second-order valence-corrected chi connectivity index (χ2v) is 8.81. The number of rotatable bonds is 6. The summed E-state index contributed by atoms with van der Waals surface area (Å²) in [5.74, 6) is -1.31. The van der Waals surface area contributed by atoms with Gasteiger partial charge >= 0.3 is 0 Å². The monoisotopic (exact) mass is 425 g/mol. The summed E-state index contributed by atoms with van der Waals surface area (Å²) in [5.41, 5.74) is 0.0157. The van der Waals surface area contributed by atoms with Crippen LogP contribution in [0.4, 0.5) is 4.39 Å². The maximum atomic E-state index is 13.5. The molecule has 162 valence electrons. The average Bonchev–Trinajstić information content (AvgIpc) is 3.67. The Morgan fingerprint density at radius 2 is 1.90 bits per heavy atom. The van der Waals surface area contributed by atoms with E-state index in [1.54, 1.807) is 28.5 Å². The second-order valence-electron chi connectivity index (χ2n) is 8.81. The summed E-state index contributed by atoms with van der Waals surface area (Å²) in [6.45, 7) is 2.19. The van der Waals surface area contributed by atoms with Gasteiger partial charge in [-0.25, -0.2) is 9.37 Å². The molecule has 0 spiro atoms. The van der Waals surface area contributed by atoms with Crippen LogP contribution in [0.2, 0.25) is 0 Å². The largest absolute Gasteiger partial charge is 0.350 e. The molecule has 2 N–H and O–H groups in total. The standard InChI is InChI=1S/C22H24FN5O3/c1-22(21(31)24-10-13-2-4-14(23)5-3-13)11-27-12-25-17(19(29)26-15-6-7-15)18(27)20(30)28(22)16-8-9-16/h2-5,12,15-16H,6-11H2,1H3,(H,24,31)(H,26,29)/t22-/m1/s1. The lowest BCUT2D eigenvalue weighted by Gasteiger charge is -2.44. The van der Waals surface area contributed by atoms with Crippen LogP contribution in [-0.2, 0) is 17.9 Å². The Morgan fingerprint density at radius 1 is 1.19 bits per heavy atom. The topological polar surface area (TPSA) is 96.3 Å². The van der Waals surface area contributed by atoms with Crippen molar-refractivity contribution in [3.05, 3.63) is 53.4 Å². The third-order valence-electron chi connectivity index (χ3n) is 6.16. The molecule has 9 heteroatoms. The van der Waals surface area contributed by atoms with Gasteiger partial charge in [-0.15, -0.1) is 0 Å². The molecule has 2 saturated carbocycles. The molecule has 1 atom stereocenters. The van der Waals surface area contributed by atoms with Crippen molar-refractivity contribution in [2.75, 3.05) is 0 Å². The van der Waals surface area contributed by atoms with Crippen LogP contribution in [-0.4, -0.2) is 49.8 Å².